The van der Waals surface area contributed by atoms with Crippen LogP contribution in [0.25, 0.3) is 0 Å². The molecular weight excluding hydrogens is 176 g/mol. The van der Waals surface area contributed by atoms with Crippen LogP contribution in [0.4, 0.5) is 8.78 Å². The second-order valence-corrected chi connectivity index (χ2v) is 3.02. The molecule has 0 radical (unpaired) electrons. The molecule has 0 unspecified atom stereocenters. The summed E-state index contributed by atoms with van der Waals surface area (Å²) in [4.78, 5) is 0. The number of rotatable bonds is 0. The lowest BCUT2D eigenvalue weighted by atomic mass is 10.0. The van der Waals surface area contributed by atoms with Gasteiger partial charge in [-0.3, -0.25) is 0 Å². The van der Waals surface area contributed by atoms with Gasteiger partial charge in [-0.15, -0.1) is 0 Å². The zero-order valence-corrected chi connectivity index (χ0v) is 6.89. The molecule has 4 heteroatoms. The van der Waals surface area contributed by atoms with Crippen LogP contribution in [0.5, 0.6) is 5.75 Å². The Bertz CT molecular complexity index is 341. The summed E-state index contributed by atoms with van der Waals surface area (Å²) in [5, 5.41) is 0. The van der Waals surface area contributed by atoms with E-state index in [4.69, 9.17) is 10.5 Å². The molecule has 0 bridgehead atoms. The van der Waals surface area contributed by atoms with E-state index >= 15 is 0 Å². The molecule has 0 aromatic heterocycles. The molecule has 2 rings (SSSR count). The van der Waals surface area contributed by atoms with Crippen molar-refractivity contribution in [1.82, 2.24) is 0 Å². The fourth-order valence-electron chi connectivity index (χ4n) is 1.47. The Balaban J connectivity index is 2.60. The molecule has 1 aliphatic heterocycles. The standard InChI is InChI=1S/C9H9F2NO/c10-5-1-2-6(11)9-8(5)7(12)3-4-13-9/h1-2,7H,3-4,12H2/t7-/m1/s1. The third-order valence-corrected chi connectivity index (χ3v) is 2.14. The first-order valence-electron chi connectivity index (χ1n) is 4.06. The minimum absolute atomic E-state index is 0.0289. The Morgan fingerprint density at radius 1 is 1.31 bits per heavy atom. The molecule has 1 heterocycles. The third kappa shape index (κ3) is 1.27. The topological polar surface area (TPSA) is 35.2 Å². The summed E-state index contributed by atoms with van der Waals surface area (Å²) >= 11 is 0. The van der Waals surface area contributed by atoms with Crippen molar-refractivity contribution in [3.8, 4) is 5.75 Å². The average Bonchev–Trinajstić information content (AvgIpc) is 2.12. The molecule has 2 nitrogen and oxygen atoms in total. The monoisotopic (exact) mass is 185 g/mol. The molecule has 0 spiro atoms. The van der Waals surface area contributed by atoms with Gasteiger partial charge in [0.25, 0.3) is 0 Å². The summed E-state index contributed by atoms with van der Waals surface area (Å²) in [6.45, 7) is 0.342. The first-order chi connectivity index (χ1) is 6.20. The molecule has 2 N–H and O–H groups in total. The van der Waals surface area contributed by atoms with Crippen LogP contribution in [0.2, 0.25) is 0 Å². The van der Waals surface area contributed by atoms with Crippen LogP contribution >= 0.6 is 0 Å². The van der Waals surface area contributed by atoms with E-state index in [1.807, 2.05) is 0 Å². The zero-order chi connectivity index (χ0) is 9.42. The number of benzene rings is 1. The fourth-order valence-corrected chi connectivity index (χ4v) is 1.47. The number of nitrogens with two attached hydrogens (primary N) is 1. The Morgan fingerprint density at radius 2 is 2.00 bits per heavy atom. The summed E-state index contributed by atoms with van der Waals surface area (Å²) in [6.07, 6.45) is 0.521. The average molecular weight is 185 g/mol. The van der Waals surface area contributed by atoms with Crippen LogP contribution < -0.4 is 10.5 Å². The van der Waals surface area contributed by atoms with Crippen molar-refractivity contribution < 1.29 is 13.5 Å². The summed E-state index contributed by atoms with van der Waals surface area (Å²) in [5.41, 5.74) is 5.79. The van der Waals surface area contributed by atoms with E-state index in [0.29, 0.717) is 13.0 Å². The molecule has 1 aromatic rings. The lowest BCUT2D eigenvalue weighted by Crippen LogP contribution is -2.22. The first kappa shape index (κ1) is 8.44. The Hall–Kier alpha value is -1.16. The molecular formula is C9H9F2NO. The van der Waals surface area contributed by atoms with E-state index in [1.165, 1.54) is 0 Å². The van der Waals surface area contributed by atoms with E-state index in [-0.39, 0.29) is 11.3 Å². The lowest BCUT2D eigenvalue weighted by molar-refractivity contribution is 0.250. The largest absolute Gasteiger partial charge is 0.490 e. The number of hydrogen-bond acceptors (Lipinski definition) is 2. The molecule has 1 atom stereocenters. The lowest BCUT2D eigenvalue weighted by Gasteiger charge is -2.23. The van der Waals surface area contributed by atoms with Gasteiger partial charge in [-0.2, -0.15) is 0 Å². The Labute approximate surface area is 74.3 Å². The maximum absolute atomic E-state index is 13.2. The van der Waals surface area contributed by atoms with E-state index in [2.05, 4.69) is 0 Å². The predicted octanol–water partition coefficient (Wildman–Crippen LogP) is 1.75. The number of fused-ring (bicyclic) bond motifs is 1. The van der Waals surface area contributed by atoms with Crippen molar-refractivity contribution in [1.29, 1.82) is 0 Å². The van der Waals surface area contributed by atoms with Crippen molar-refractivity contribution >= 4 is 0 Å². The SMILES string of the molecule is N[C@@H]1CCOc2c(F)ccc(F)c21. The van der Waals surface area contributed by atoms with Crippen molar-refractivity contribution in [3.63, 3.8) is 0 Å². The van der Waals surface area contributed by atoms with E-state index in [9.17, 15) is 8.78 Å². The molecule has 1 aliphatic rings. The highest BCUT2D eigenvalue weighted by atomic mass is 19.1. The van der Waals surface area contributed by atoms with Crippen molar-refractivity contribution in [3.05, 3.63) is 29.3 Å². The number of ether oxygens (including phenoxy) is 1. The highest BCUT2D eigenvalue weighted by Gasteiger charge is 2.24. The summed E-state index contributed by atoms with van der Waals surface area (Å²) < 4.78 is 31.3. The molecule has 0 amide bonds. The zero-order valence-electron chi connectivity index (χ0n) is 6.89. The van der Waals surface area contributed by atoms with Crippen LogP contribution in [0.1, 0.15) is 18.0 Å². The molecule has 0 saturated carbocycles. The maximum Gasteiger partial charge on any atom is 0.165 e. The van der Waals surface area contributed by atoms with Crippen LogP contribution in [0, 0.1) is 11.6 Å². The first-order valence-corrected chi connectivity index (χ1v) is 4.06. The minimum atomic E-state index is -0.549. The Morgan fingerprint density at radius 3 is 2.69 bits per heavy atom. The van der Waals surface area contributed by atoms with Gasteiger partial charge < -0.3 is 10.5 Å². The molecule has 0 fully saturated rings. The highest BCUT2D eigenvalue weighted by Crippen LogP contribution is 2.34. The smallest absolute Gasteiger partial charge is 0.165 e. The maximum atomic E-state index is 13.2. The summed E-state index contributed by atoms with van der Waals surface area (Å²) in [6, 6.07) is 1.66. The normalized spacial score (nSPS) is 20.7. The number of hydrogen-bond donors (Lipinski definition) is 1. The Kier molecular flexibility index (Phi) is 1.92. The molecule has 13 heavy (non-hydrogen) atoms. The van der Waals surface area contributed by atoms with Gasteiger partial charge in [0.1, 0.15) is 5.82 Å². The highest BCUT2D eigenvalue weighted by molar-refractivity contribution is 5.39. The van der Waals surface area contributed by atoms with Crippen molar-refractivity contribution in [2.24, 2.45) is 5.73 Å². The van der Waals surface area contributed by atoms with Gasteiger partial charge >= 0.3 is 0 Å². The van der Waals surface area contributed by atoms with Gasteiger partial charge in [0.05, 0.1) is 6.61 Å². The van der Waals surface area contributed by atoms with Gasteiger partial charge in [-0.25, -0.2) is 8.78 Å². The van der Waals surface area contributed by atoms with Gasteiger partial charge in [0.15, 0.2) is 11.6 Å². The fraction of sp³-hybridized carbons (Fsp3) is 0.333. The van der Waals surface area contributed by atoms with Gasteiger partial charge in [-0.05, 0) is 12.1 Å². The minimum Gasteiger partial charge on any atom is -0.490 e. The molecule has 1 aromatic carbocycles. The van der Waals surface area contributed by atoms with Gasteiger partial charge in [0, 0.05) is 18.0 Å². The molecule has 0 saturated heterocycles. The van der Waals surface area contributed by atoms with Crippen LogP contribution in [-0.2, 0) is 0 Å². The number of halogens is 2. The predicted molar refractivity (Wildman–Crippen MR) is 43.4 cm³/mol. The second kappa shape index (κ2) is 2.96. The summed E-state index contributed by atoms with van der Waals surface area (Å²) in [5.74, 6) is -1.08. The van der Waals surface area contributed by atoms with Crippen molar-refractivity contribution in [2.45, 2.75) is 12.5 Å². The molecule has 70 valence electrons. The van der Waals surface area contributed by atoms with Gasteiger partial charge in [0.2, 0.25) is 0 Å². The molecule has 0 aliphatic carbocycles. The quantitative estimate of drug-likeness (QED) is 0.668. The van der Waals surface area contributed by atoms with Crippen LogP contribution in [0.15, 0.2) is 12.1 Å². The van der Waals surface area contributed by atoms with Crippen LogP contribution in [-0.4, -0.2) is 6.61 Å². The van der Waals surface area contributed by atoms with Gasteiger partial charge in [-0.1, -0.05) is 0 Å². The van der Waals surface area contributed by atoms with Crippen molar-refractivity contribution in [2.75, 3.05) is 6.61 Å². The van der Waals surface area contributed by atoms with E-state index in [0.717, 1.165) is 12.1 Å². The van der Waals surface area contributed by atoms with E-state index < -0.39 is 17.7 Å². The van der Waals surface area contributed by atoms with E-state index in [1.54, 1.807) is 0 Å². The summed E-state index contributed by atoms with van der Waals surface area (Å²) in [7, 11) is 0. The third-order valence-electron chi connectivity index (χ3n) is 2.14. The second-order valence-electron chi connectivity index (χ2n) is 3.02. The van der Waals surface area contributed by atoms with Crippen LogP contribution in [0.3, 0.4) is 0 Å².